The maximum absolute atomic E-state index is 13.7. The number of hydrogen-bond donors (Lipinski definition) is 1. The highest BCUT2D eigenvalue weighted by Gasteiger charge is 2.28. The standard InChI is InChI=1S/C24H26FN3O2S/c1-16-12-19(18-8-5-9-20(25)14-18)15-22(29)28(16)21(13-17-6-3-2-4-7-17)23(30)27-24-26-10-11-31-24/h5,8-12,14-15,17,21H,2-4,6-7,13H2,1H3,(H,26,27,30)/t21-/m0/s1. The van der Waals surface area contributed by atoms with Crippen LogP contribution in [0.4, 0.5) is 9.52 Å². The van der Waals surface area contributed by atoms with Gasteiger partial charge in [-0.3, -0.25) is 9.59 Å². The molecule has 1 saturated carbocycles. The van der Waals surface area contributed by atoms with Crippen molar-refractivity contribution in [3.05, 3.63) is 69.8 Å². The number of halogens is 1. The second-order valence-corrected chi connectivity index (χ2v) is 9.08. The van der Waals surface area contributed by atoms with E-state index in [0.29, 0.717) is 34.3 Å². The number of carbonyl (C=O) groups excluding carboxylic acids is 1. The molecule has 1 N–H and O–H groups in total. The molecule has 162 valence electrons. The van der Waals surface area contributed by atoms with Crippen LogP contribution >= 0.6 is 11.3 Å². The van der Waals surface area contributed by atoms with E-state index in [4.69, 9.17) is 0 Å². The van der Waals surface area contributed by atoms with Crippen molar-refractivity contribution in [1.82, 2.24) is 9.55 Å². The summed E-state index contributed by atoms with van der Waals surface area (Å²) in [5.74, 6) is -0.156. The number of benzene rings is 1. The third-order valence-corrected chi connectivity index (χ3v) is 6.67. The van der Waals surface area contributed by atoms with Crippen molar-refractivity contribution in [3.63, 3.8) is 0 Å². The first-order valence-electron chi connectivity index (χ1n) is 10.7. The Balaban J connectivity index is 1.69. The Labute approximate surface area is 185 Å². The van der Waals surface area contributed by atoms with Crippen molar-refractivity contribution in [3.8, 4) is 11.1 Å². The Morgan fingerprint density at radius 3 is 2.71 bits per heavy atom. The van der Waals surface area contributed by atoms with Gasteiger partial charge < -0.3 is 9.88 Å². The molecule has 7 heteroatoms. The number of anilines is 1. The first-order chi connectivity index (χ1) is 15.0. The number of aryl methyl sites for hydroxylation is 1. The molecule has 0 bridgehead atoms. The second kappa shape index (κ2) is 9.56. The summed E-state index contributed by atoms with van der Waals surface area (Å²) in [4.78, 5) is 30.6. The minimum atomic E-state index is -0.610. The first-order valence-corrected chi connectivity index (χ1v) is 11.6. The van der Waals surface area contributed by atoms with E-state index in [1.165, 1.54) is 36.0 Å². The molecule has 31 heavy (non-hydrogen) atoms. The molecule has 0 radical (unpaired) electrons. The zero-order chi connectivity index (χ0) is 21.8. The van der Waals surface area contributed by atoms with Crippen LogP contribution < -0.4 is 10.9 Å². The smallest absolute Gasteiger partial charge is 0.252 e. The van der Waals surface area contributed by atoms with Gasteiger partial charge in [-0.05, 0) is 48.6 Å². The minimum Gasteiger partial charge on any atom is -0.300 e. The molecule has 1 aromatic carbocycles. The number of thiazole rings is 1. The number of amides is 1. The fourth-order valence-electron chi connectivity index (χ4n) is 4.49. The third kappa shape index (κ3) is 5.10. The molecule has 1 amide bonds. The molecule has 0 spiro atoms. The van der Waals surface area contributed by atoms with Crippen molar-refractivity contribution in [1.29, 1.82) is 0 Å². The zero-order valence-electron chi connectivity index (χ0n) is 17.5. The van der Waals surface area contributed by atoms with Crippen molar-refractivity contribution in [2.75, 3.05) is 5.32 Å². The Bertz CT molecular complexity index is 1100. The monoisotopic (exact) mass is 439 g/mol. The van der Waals surface area contributed by atoms with Crippen molar-refractivity contribution in [2.45, 2.75) is 51.5 Å². The maximum Gasteiger partial charge on any atom is 0.252 e. The average molecular weight is 440 g/mol. The molecule has 0 saturated heterocycles. The largest absolute Gasteiger partial charge is 0.300 e. The van der Waals surface area contributed by atoms with Crippen LogP contribution in [0.1, 0.15) is 50.3 Å². The summed E-state index contributed by atoms with van der Waals surface area (Å²) < 4.78 is 15.3. The number of pyridine rings is 1. The lowest BCUT2D eigenvalue weighted by Gasteiger charge is -2.28. The fourth-order valence-corrected chi connectivity index (χ4v) is 5.02. The lowest BCUT2D eigenvalue weighted by molar-refractivity contribution is -0.120. The minimum absolute atomic E-state index is 0.218. The highest BCUT2D eigenvalue weighted by atomic mass is 32.1. The maximum atomic E-state index is 13.7. The van der Waals surface area contributed by atoms with Gasteiger partial charge in [-0.2, -0.15) is 0 Å². The van der Waals surface area contributed by atoms with E-state index in [1.807, 2.05) is 13.0 Å². The lowest BCUT2D eigenvalue weighted by atomic mass is 9.84. The third-order valence-electron chi connectivity index (χ3n) is 5.98. The molecular formula is C24H26FN3O2S. The summed E-state index contributed by atoms with van der Waals surface area (Å²) >= 11 is 1.35. The van der Waals surface area contributed by atoms with Crippen LogP contribution in [0.3, 0.4) is 0 Å². The Kier molecular flexibility index (Phi) is 6.61. The van der Waals surface area contributed by atoms with Gasteiger partial charge in [0.15, 0.2) is 5.13 Å². The molecule has 4 rings (SSSR count). The van der Waals surface area contributed by atoms with Gasteiger partial charge in [0.05, 0.1) is 0 Å². The molecular weight excluding hydrogens is 413 g/mol. The zero-order valence-corrected chi connectivity index (χ0v) is 18.3. The van der Waals surface area contributed by atoms with Crippen LogP contribution in [0.5, 0.6) is 0 Å². The number of nitrogens with one attached hydrogen (secondary N) is 1. The van der Waals surface area contributed by atoms with Gasteiger partial charge in [0, 0.05) is 23.3 Å². The molecule has 1 aliphatic rings. The van der Waals surface area contributed by atoms with Crippen molar-refractivity contribution in [2.24, 2.45) is 5.92 Å². The van der Waals surface area contributed by atoms with Crippen molar-refractivity contribution >= 4 is 22.4 Å². The summed E-state index contributed by atoms with van der Waals surface area (Å²) in [5, 5.41) is 5.21. The summed E-state index contributed by atoms with van der Waals surface area (Å²) in [6.45, 7) is 1.83. The molecule has 0 aliphatic heterocycles. The number of carbonyl (C=O) groups is 1. The predicted octanol–water partition coefficient (Wildman–Crippen LogP) is 5.57. The first kappa shape index (κ1) is 21.4. The van der Waals surface area contributed by atoms with Gasteiger partial charge in [0.1, 0.15) is 11.9 Å². The van der Waals surface area contributed by atoms with Crippen LogP contribution in [-0.4, -0.2) is 15.5 Å². The van der Waals surface area contributed by atoms with E-state index in [1.54, 1.807) is 28.3 Å². The Hall–Kier alpha value is -2.80. The molecule has 3 aromatic rings. The van der Waals surface area contributed by atoms with Gasteiger partial charge in [-0.15, -0.1) is 11.3 Å². The summed E-state index contributed by atoms with van der Waals surface area (Å²) in [6, 6.07) is 8.91. The van der Waals surface area contributed by atoms with Gasteiger partial charge >= 0.3 is 0 Å². The number of nitrogens with zero attached hydrogens (tertiary/aromatic N) is 2. The van der Waals surface area contributed by atoms with Gasteiger partial charge in [0.25, 0.3) is 5.56 Å². The van der Waals surface area contributed by atoms with E-state index in [-0.39, 0.29) is 17.3 Å². The topological polar surface area (TPSA) is 64.0 Å². The number of rotatable bonds is 6. The predicted molar refractivity (Wildman–Crippen MR) is 122 cm³/mol. The SMILES string of the molecule is Cc1cc(-c2cccc(F)c2)cc(=O)n1[C@@H](CC1CCCCC1)C(=O)Nc1nccs1. The molecule has 1 fully saturated rings. The average Bonchev–Trinajstić information content (AvgIpc) is 3.26. The summed E-state index contributed by atoms with van der Waals surface area (Å²) in [5.41, 5.74) is 1.72. The van der Waals surface area contributed by atoms with Crippen LogP contribution in [-0.2, 0) is 4.79 Å². The highest BCUT2D eigenvalue weighted by Crippen LogP contribution is 2.32. The van der Waals surface area contributed by atoms with Crippen LogP contribution in [0.15, 0.2) is 52.8 Å². The molecule has 2 aromatic heterocycles. The Morgan fingerprint density at radius 2 is 2.03 bits per heavy atom. The van der Waals surface area contributed by atoms with E-state index >= 15 is 0 Å². The van der Waals surface area contributed by atoms with E-state index in [2.05, 4.69) is 10.3 Å². The molecule has 5 nitrogen and oxygen atoms in total. The lowest BCUT2D eigenvalue weighted by Crippen LogP contribution is -2.36. The van der Waals surface area contributed by atoms with Gasteiger partial charge in [0.2, 0.25) is 5.91 Å². The normalized spacial score (nSPS) is 15.5. The van der Waals surface area contributed by atoms with Crippen molar-refractivity contribution < 1.29 is 9.18 Å². The Morgan fingerprint density at radius 1 is 1.23 bits per heavy atom. The highest BCUT2D eigenvalue weighted by molar-refractivity contribution is 7.13. The molecule has 2 heterocycles. The molecule has 1 aliphatic carbocycles. The second-order valence-electron chi connectivity index (χ2n) is 8.19. The van der Waals surface area contributed by atoms with E-state index in [0.717, 1.165) is 25.7 Å². The van der Waals surface area contributed by atoms with Crippen LogP contribution in [0.25, 0.3) is 11.1 Å². The summed E-state index contributed by atoms with van der Waals surface area (Å²) in [6.07, 6.45) is 7.98. The quantitative estimate of drug-likeness (QED) is 0.546. The molecule has 1 atom stereocenters. The van der Waals surface area contributed by atoms with E-state index in [9.17, 15) is 14.0 Å². The van der Waals surface area contributed by atoms with Crippen LogP contribution in [0.2, 0.25) is 0 Å². The van der Waals surface area contributed by atoms with Gasteiger partial charge in [-0.25, -0.2) is 9.37 Å². The molecule has 0 unspecified atom stereocenters. The fraction of sp³-hybridized carbons (Fsp3) is 0.375. The van der Waals surface area contributed by atoms with E-state index < -0.39 is 6.04 Å². The van der Waals surface area contributed by atoms with Gasteiger partial charge in [-0.1, -0.05) is 44.2 Å². The van der Waals surface area contributed by atoms with Crippen LogP contribution in [0, 0.1) is 18.7 Å². The summed E-state index contributed by atoms with van der Waals surface area (Å²) in [7, 11) is 0. The number of aromatic nitrogens is 2. The number of hydrogen-bond acceptors (Lipinski definition) is 4.